The third kappa shape index (κ3) is 2.28. The predicted octanol–water partition coefficient (Wildman–Crippen LogP) is 0.725. The average Bonchev–Trinajstić information content (AvgIpc) is 2.46. The van der Waals surface area contributed by atoms with Crippen LogP contribution in [-0.2, 0) is 11.2 Å². The molecule has 13 heavy (non-hydrogen) atoms. The number of hydrogen-bond donors (Lipinski definition) is 1. The summed E-state index contributed by atoms with van der Waals surface area (Å²) in [6, 6.07) is 0. The molecule has 1 aromatic rings. The van der Waals surface area contributed by atoms with Crippen LogP contribution in [-0.4, -0.2) is 24.6 Å². The topological polar surface area (TPSA) is 78.3 Å². The number of carbonyl (C=O) groups is 1. The first-order valence-electron chi connectivity index (χ1n) is 3.62. The second-order valence-electron chi connectivity index (χ2n) is 2.27. The maximum Gasteiger partial charge on any atom is 0.360 e. The van der Waals surface area contributed by atoms with Gasteiger partial charge in [0.1, 0.15) is 5.76 Å². The molecule has 0 spiro atoms. The number of carbonyl (C=O) groups excluding carboxylic acids is 1. The van der Waals surface area contributed by atoms with E-state index in [0.717, 1.165) is 0 Å². The number of nitrogens with zero attached hydrogens (tertiary/aromatic N) is 1. The molecule has 0 unspecified atom stereocenters. The summed E-state index contributed by atoms with van der Waals surface area (Å²) in [5, 5.41) is 0. The van der Waals surface area contributed by atoms with Gasteiger partial charge in [-0.2, -0.15) is 4.98 Å². The molecule has 0 atom stereocenters. The molecule has 0 amide bonds. The van der Waals surface area contributed by atoms with Gasteiger partial charge in [0.25, 0.3) is 4.80 Å². The molecule has 1 heterocycles. The van der Waals surface area contributed by atoms with Crippen LogP contribution in [0.4, 0.5) is 0 Å². The number of ether oxygens (including phenoxy) is 1. The van der Waals surface area contributed by atoms with Gasteiger partial charge in [-0.15, -0.1) is 0 Å². The fourth-order valence-corrected chi connectivity index (χ4v) is 1.25. The van der Waals surface area contributed by atoms with Crippen molar-refractivity contribution in [3.05, 3.63) is 16.3 Å². The van der Waals surface area contributed by atoms with Gasteiger partial charge in [-0.3, -0.25) is 0 Å². The Bertz CT molecular complexity index is 311. The van der Waals surface area contributed by atoms with Crippen molar-refractivity contribution in [3.8, 4) is 0 Å². The minimum absolute atomic E-state index is 0.180. The fourth-order valence-electron chi connectivity index (χ4n) is 0.880. The largest absolute Gasteiger partial charge is 0.464 e. The molecule has 5 nitrogen and oxygen atoms in total. The Kier molecular flexibility index (Phi) is 3.44. The third-order valence-corrected chi connectivity index (χ3v) is 1.76. The number of hydrogen-bond acceptors (Lipinski definition) is 5. The molecule has 0 radical (unpaired) electrons. The van der Waals surface area contributed by atoms with Crippen molar-refractivity contribution in [2.24, 2.45) is 5.73 Å². The highest BCUT2D eigenvalue weighted by Gasteiger charge is 2.18. The Morgan fingerprint density at radius 1 is 1.77 bits per heavy atom. The summed E-state index contributed by atoms with van der Waals surface area (Å²) in [5.74, 6) is -0.0703. The van der Waals surface area contributed by atoms with E-state index >= 15 is 0 Å². The molecule has 0 saturated heterocycles. The van der Waals surface area contributed by atoms with E-state index in [1.807, 2.05) is 0 Å². The quantitative estimate of drug-likeness (QED) is 0.798. The molecule has 6 heteroatoms. The standard InChI is InChI=1S/C7H9BrN2O3/c1-12-6(11)5-4(2-3-9)13-7(8)10-5/h2-3,9H2,1H3. The Hall–Kier alpha value is -0.880. The Balaban J connectivity index is 2.96. The maximum absolute atomic E-state index is 11.1. The van der Waals surface area contributed by atoms with Crippen molar-refractivity contribution in [1.82, 2.24) is 4.98 Å². The van der Waals surface area contributed by atoms with Crippen LogP contribution >= 0.6 is 15.9 Å². The number of halogens is 1. The van der Waals surface area contributed by atoms with Gasteiger partial charge < -0.3 is 14.9 Å². The molecule has 2 N–H and O–H groups in total. The van der Waals surface area contributed by atoms with E-state index in [0.29, 0.717) is 18.7 Å². The van der Waals surface area contributed by atoms with Gasteiger partial charge in [-0.05, 0) is 6.54 Å². The highest BCUT2D eigenvalue weighted by atomic mass is 79.9. The van der Waals surface area contributed by atoms with E-state index in [1.165, 1.54) is 7.11 Å². The summed E-state index contributed by atoms with van der Waals surface area (Å²) in [6.07, 6.45) is 0.461. The summed E-state index contributed by atoms with van der Waals surface area (Å²) < 4.78 is 9.62. The number of aromatic nitrogens is 1. The lowest BCUT2D eigenvalue weighted by atomic mass is 10.2. The normalized spacial score (nSPS) is 10.1. The van der Waals surface area contributed by atoms with Crippen molar-refractivity contribution >= 4 is 21.9 Å². The lowest BCUT2D eigenvalue weighted by Crippen LogP contribution is -2.09. The Morgan fingerprint density at radius 3 is 3.00 bits per heavy atom. The second-order valence-corrected chi connectivity index (χ2v) is 2.95. The van der Waals surface area contributed by atoms with Gasteiger partial charge in [0.2, 0.25) is 0 Å². The first-order valence-corrected chi connectivity index (χ1v) is 4.42. The van der Waals surface area contributed by atoms with Gasteiger partial charge >= 0.3 is 5.97 Å². The van der Waals surface area contributed by atoms with Gasteiger partial charge in [0.15, 0.2) is 5.69 Å². The van der Waals surface area contributed by atoms with Crippen LogP contribution in [0, 0.1) is 0 Å². The smallest absolute Gasteiger partial charge is 0.360 e. The highest BCUT2D eigenvalue weighted by molar-refractivity contribution is 9.10. The molecule has 72 valence electrons. The third-order valence-electron chi connectivity index (χ3n) is 1.42. The van der Waals surface area contributed by atoms with E-state index in [9.17, 15) is 4.79 Å². The van der Waals surface area contributed by atoms with Gasteiger partial charge in [0.05, 0.1) is 7.11 Å². The minimum atomic E-state index is -0.516. The summed E-state index contributed by atoms with van der Waals surface area (Å²) in [5.41, 5.74) is 5.51. The monoisotopic (exact) mass is 248 g/mol. The summed E-state index contributed by atoms with van der Waals surface area (Å²) in [7, 11) is 1.29. The lowest BCUT2D eigenvalue weighted by molar-refractivity contribution is 0.0592. The second kappa shape index (κ2) is 4.38. The first-order chi connectivity index (χ1) is 6.19. The van der Waals surface area contributed by atoms with Gasteiger partial charge in [-0.1, -0.05) is 0 Å². The molecule has 0 aliphatic carbocycles. The summed E-state index contributed by atoms with van der Waals surface area (Å²) >= 11 is 3.02. The zero-order valence-corrected chi connectivity index (χ0v) is 8.63. The van der Waals surface area contributed by atoms with Crippen LogP contribution in [0.5, 0.6) is 0 Å². The van der Waals surface area contributed by atoms with E-state index in [4.69, 9.17) is 10.2 Å². The number of methoxy groups -OCH3 is 1. The fraction of sp³-hybridized carbons (Fsp3) is 0.429. The SMILES string of the molecule is COC(=O)c1nc(Br)oc1CCN. The summed E-state index contributed by atoms with van der Waals surface area (Å²) in [6.45, 7) is 0.394. The molecule has 1 rings (SSSR count). The zero-order chi connectivity index (χ0) is 9.84. The van der Waals surface area contributed by atoms with Gasteiger partial charge in [0, 0.05) is 22.4 Å². The lowest BCUT2D eigenvalue weighted by Gasteiger charge is -1.95. The molecule has 0 aromatic carbocycles. The van der Waals surface area contributed by atoms with Crippen LogP contribution in [0.15, 0.2) is 9.22 Å². The molecule has 0 fully saturated rings. The van der Waals surface area contributed by atoms with E-state index in [2.05, 4.69) is 25.7 Å². The van der Waals surface area contributed by atoms with E-state index in [-0.39, 0.29) is 10.5 Å². The number of esters is 1. The van der Waals surface area contributed by atoms with Crippen molar-refractivity contribution in [2.75, 3.05) is 13.7 Å². The highest BCUT2D eigenvalue weighted by Crippen LogP contribution is 2.16. The van der Waals surface area contributed by atoms with Crippen LogP contribution in [0.2, 0.25) is 0 Å². The van der Waals surface area contributed by atoms with Crippen molar-refractivity contribution < 1.29 is 13.9 Å². The predicted molar refractivity (Wildman–Crippen MR) is 48.3 cm³/mol. The van der Waals surface area contributed by atoms with Crippen molar-refractivity contribution in [2.45, 2.75) is 6.42 Å². The summed E-state index contributed by atoms with van der Waals surface area (Å²) in [4.78, 5) is 15.2. The Labute approximate surface area is 83.4 Å². The molecular weight excluding hydrogens is 240 g/mol. The Morgan fingerprint density at radius 2 is 2.46 bits per heavy atom. The van der Waals surface area contributed by atoms with Crippen molar-refractivity contribution in [1.29, 1.82) is 0 Å². The maximum atomic E-state index is 11.1. The number of rotatable bonds is 3. The molecule has 0 aliphatic rings. The number of oxazole rings is 1. The molecule has 0 aliphatic heterocycles. The average molecular weight is 249 g/mol. The minimum Gasteiger partial charge on any atom is -0.464 e. The molecular formula is C7H9BrN2O3. The molecule has 1 aromatic heterocycles. The van der Waals surface area contributed by atoms with Crippen LogP contribution in [0.1, 0.15) is 16.2 Å². The van der Waals surface area contributed by atoms with E-state index < -0.39 is 5.97 Å². The first kappa shape index (κ1) is 10.2. The van der Waals surface area contributed by atoms with Gasteiger partial charge in [-0.25, -0.2) is 4.79 Å². The molecule has 0 bridgehead atoms. The van der Waals surface area contributed by atoms with Crippen LogP contribution in [0.3, 0.4) is 0 Å². The van der Waals surface area contributed by atoms with Crippen molar-refractivity contribution in [3.63, 3.8) is 0 Å². The van der Waals surface area contributed by atoms with E-state index in [1.54, 1.807) is 0 Å². The van der Waals surface area contributed by atoms with Crippen LogP contribution in [0.25, 0.3) is 0 Å². The number of nitrogens with two attached hydrogens (primary N) is 1. The zero-order valence-electron chi connectivity index (χ0n) is 7.04. The van der Waals surface area contributed by atoms with Crippen LogP contribution < -0.4 is 5.73 Å². The molecule has 0 saturated carbocycles.